The lowest BCUT2D eigenvalue weighted by atomic mass is 9.65. The van der Waals surface area contributed by atoms with Crippen molar-refractivity contribution in [3.63, 3.8) is 0 Å². The summed E-state index contributed by atoms with van der Waals surface area (Å²) in [7, 11) is 0. The minimum Gasteiger partial charge on any atom is -0.378 e. The summed E-state index contributed by atoms with van der Waals surface area (Å²) in [5, 5.41) is 0. The summed E-state index contributed by atoms with van der Waals surface area (Å²) in [5.41, 5.74) is 6.28. The van der Waals surface area contributed by atoms with Crippen LogP contribution >= 0.6 is 0 Å². The van der Waals surface area contributed by atoms with Crippen LogP contribution < -0.4 is 5.73 Å². The van der Waals surface area contributed by atoms with E-state index in [1.165, 1.54) is 19.3 Å². The number of rotatable bonds is 1. The molecule has 0 radical (unpaired) electrons. The first-order valence-electron chi connectivity index (χ1n) is 7.38. The van der Waals surface area contributed by atoms with Crippen LogP contribution in [0.3, 0.4) is 0 Å². The number of ether oxygens (including phenoxy) is 1. The molecule has 0 aromatic rings. The predicted octanol–water partition coefficient (Wildman–Crippen LogP) is 0.999. The number of nitrogens with zero attached hydrogens (tertiary/aromatic N) is 1. The third kappa shape index (κ3) is 2.28. The lowest BCUT2D eigenvalue weighted by molar-refractivity contribution is -0.142. The highest BCUT2D eigenvalue weighted by Crippen LogP contribution is 2.42. The van der Waals surface area contributed by atoms with Gasteiger partial charge in [0.1, 0.15) is 0 Å². The van der Waals surface area contributed by atoms with Crippen molar-refractivity contribution in [3.8, 4) is 0 Å². The lowest BCUT2D eigenvalue weighted by Crippen LogP contribution is -2.51. The molecule has 18 heavy (non-hydrogen) atoms. The third-order valence-corrected chi connectivity index (χ3v) is 5.09. The number of hydrogen-bond donors (Lipinski definition) is 1. The molecule has 2 aliphatic carbocycles. The van der Waals surface area contributed by atoms with Gasteiger partial charge in [-0.2, -0.15) is 0 Å². The molecule has 4 heteroatoms. The third-order valence-electron chi connectivity index (χ3n) is 5.09. The number of morpholine rings is 1. The number of carbonyl (C=O) groups is 1. The molecular weight excluding hydrogens is 228 g/mol. The zero-order chi connectivity index (χ0) is 12.5. The fraction of sp³-hybridized carbons (Fsp3) is 0.929. The minimum absolute atomic E-state index is 0.234. The van der Waals surface area contributed by atoms with Crippen molar-refractivity contribution in [1.82, 2.24) is 4.90 Å². The average Bonchev–Trinajstić information content (AvgIpc) is 2.38. The van der Waals surface area contributed by atoms with Crippen LogP contribution in [0, 0.1) is 17.8 Å². The number of carbonyl (C=O) groups excluding carboxylic acids is 1. The molecule has 3 aliphatic rings. The van der Waals surface area contributed by atoms with E-state index in [0.29, 0.717) is 37.0 Å². The van der Waals surface area contributed by atoms with Gasteiger partial charge in [-0.05, 0) is 37.5 Å². The van der Waals surface area contributed by atoms with Gasteiger partial charge in [0.25, 0.3) is 0 Å². The maximum absolute atomic E-state index is 12.5. The van der Waals surface area contributed by atoms with Gasteiger partial charge >= 0.3 is 0 Å². The van der Waals surface area contributed by atoms with Crippen molar-refractivity contribution in [1.29, 1.82) is 0 Å². The number of fused-ring (bicyclic) bond motifs is 2. The van der Waals surface area contributed by atoms with Crippen LogP contribution in [0.5, 0.6) is 0 Å². The molecule has 2 unspecified atom stereocenters. The molecule has 2 saturated carbocycles. The van der Waals surface area contributed by atoms with Crippen LogP contribution in [-0.4, -0.2) is 43.2 Å². The molecule has 4 nitrogen and oxygen atoms in total. The molecule has 3 rings (SSSR count). The summed E-state index contributed by atoms with van der Waals surface area (Å²) >= 11 is 0. The molecule has 3 fully saturated rings. The Labute approximate surface area is 109 Å². The van der Waals surface area contributed by atoms with E-state index in [1.54, 1.807) is 0 Å². The van der Waals surface area contributed by atoms with E-state index in [1.807, 2.05) is 4.90 Å². The van der Waals surface area contributed by atoms with Crippen molar-refractivity contribution >= 4 is 5.91 Å². The van der Waals surface area contributed by atoms with Gasteiger partial charge in [0.15, 0.2) is 0 Å². The Morgan fingerprint density at radius 3 is 2.33 bits per heavy atom. The van der Waals surface area contributed by atoms with Crippen LogP contribution in [0.2, 0.25) is 0 Å². The molecule has 1 amide bonds. The number of hydrogen-bond acceptors (Lipinski definition) is 3. The maximum Gasteiger partial charge on any atom is 0.225 e. The Balaban J connectivity index is 1.64. The molecule has 2 atom stereocenters. The average molecular weight is 252 g/mol. The molecule has 1 saturated heterocycles. The van der Waals surface area contributed by atoms with E-state index in [0.717, 1.165) is 25.9 Å². The predicted molar refractivity (Wildman–Crippen MR) is 68.9 cm³/mol. The summed E-state index contributed by atoms with van der Waals surface area (Å²) < 4.78 is 5.31. The second kappa shape index (κ2) is 5.17. The molecule has 2 bridgehead atoms. The Kier molecular flexibility index (Phi) is 3.57. The van der Waals surface area contributed by atoms with Crippen LogP contribution in [0.4, 0.5) is 0 Å². The molecule has 1 aliphatic heterocycles. The normalized spacial score (nSPS) is 40.6. The topological polar surface area (TPSA) is 55.6 Å². The Hall–Kier alpha value is -0.610. The Morgan fingerprint density at radius 2 is 1.72 bits per heavy atom. The molecule has 1 heterocycles. The van der Waals surface area contributed by atoms with Gasteiger partial charge in [-0.15, -0.1) is 0 Å². The highest BCUT2D eigenvalue weighted by atomic mass is 16.5. The van der Waals surface area contributed by atoms with Crippen LogP contribution in [0.15, 0.2) is 0 Å². The van der Waals surface area contributed by atoms with Gasteiger partial charge in [0.05, 0.1) is 13.2 Å². The van der Waals surface area contributed by atoms with Crippen molar-refractivity contribution in [3.05, 3.63) is 0 Å². The molecule has 102 valence electrons. The standard InChI is InChI=1S/C14H24N2O2/c15-13-10-2-1-3-11(13)9-12(8-10)14(17)16-4-6-18-7-5-16/h10-13H,1-9,15H2. The van der Waals surface area contributed by atoms with E-state index in [-0.39, 0.29) is 5.92 Å². The monoisotopic (exact) mass is 252 g/mol. The first kappa shape index (κ1) is 12.4. The summed E-state index contributed by atoms with van der Waals surface area (Å²) in [6.07, 6.45) is 5.80. The van der Waals surface area contributed by atoms with Gasteiger partial charge in [-0.3, -0.25) is 4.79 Å². The molecular formula is C14H24N2O2. The quantitative estimate of drug-likeness (QED) is 0.757. The molecule has 0 aromatic heterocycles. The largest absolute Gasteiger partial charge is 0.378 e. The Morgan fingerprint density at radius 1 is 1.11 bits per heavy atom. The zero-order valence-electron chi connectivity index (χ0n) is 11.0. The Bertz CT molecular complexity index is 301. The summed E-state index contributed by atoms with van der Waals surface area (Å²) in [5.74, 6) is 1.78. The van der Waals surface area contributed by atoms with E-state index in [4.69, 9.17) is 10.5 Å². The van der Waals surface area contributed by atoms with E-state index >= 15 is 0 Å². The fourth-order valence-electron chi connectivity index (χ4n) is 4.03. The number of nitrogens with two attached hydrogens (primary N) is 1. The molecule has 2 N–H and O–H groups in total. The first-order valence-corrected chi connectivity index (χ1v) is 7.38. The number of amides is 1. The second-order valence-corrected chi connectivity index (χ2v) is 6.13. The summed E-state index contributed by atoms with van der Waals surface area (Å²) in [6, 6.07) is 0.354. The van der Waals surface area contributed by atoms with E-state index in [9.17, 15) is 4.79 Å². The van der Waals surface area contributed by atoms with Gasteiger partial charge in [0.2, 0.25) is 5.91 Å². The fourth-order valence-corrected chi connectivity index (χ4v) is 4.03. The van der Waals surface area contributed by atoms with Crippen molar-refractivity contribution in [2.75, 3.05) is 26.3 Å². The van der Waals surface area contributed by atoms with Gasteiger partial charge in [-0.25, -0.2) is 0 Å². The lowest BCUT2D eigenvalue weighted by Gasteiger charge is -2.44. The second-order valence-electron chi connectivity index (χ2n) is 6.13. The van der Waals surface area contributed by atoms with E-state index in [2.05, 4.69) is 0 Å². The van der Waals surface area contributed by atoms with Crippen molar-refractivity contribution in [2.45, 2.75) is 38.1 Å². The van der Waals surface area contributed by atoms with Crippen LogP contribution in [0.25, 0.3) is 0 Å². The van der Waals surface area contributed by atoms with Gasteiger partial charge < -0.3 is 15.4 Å². The highest BCUT2D eigenvalue weighted by Gasteiger charge is 2.41. The van der Waals surface area contributed by atoms with Crippen molar-refractivity contribution < 1.29 is 9.53 Å². The van der Waals surface area contributed by atoms with Crippen molar-refractivity contribution in [2.24, 2.45) is 23.5 Å². The summed E-state index contributed by atoms with van der Waals surface area (Å²) in [4.78, 5) is 14.5. The first-order chi connectivity index (χ1) is 8.75. The van der Waals surface area contributed by atoms with Crippen LogP contribution in [0.1, 0.15) is 32.1 Å². The maximum atomic E-state index is 12.5. The van der Waals surface area contributed by atoms with Gasteiger partial charge in [0, 0.05) is 25.0 Å². The molecule has 0 spiro atoms. The summed E-state index contributed by atoms with van der Waals surface area (Å²) in [6.45, 7) is 2.95. The molecule has 0 aromatic carbocycles. The van der Waals surface area contributed by atoms with Gasteiger partial charge in [-0.1, -0.05) is 6.42 Å². The SMILES string of the molecule is NC1C2CCCC1CC(C(=O)N1CCOCC1)C2. The smallest absolute Gasteiger partial charge is 0.225 e. The zero-order valence-corrected chi connectivity index (χ0v) is 11.0. The highest BCUT2D eigenvalue weighted by molar-refractivity contribution is 5.79. The minimum atomic E-state index is 0.234. The van der Waals surface area contributed by atoms with E-state index < -0.39 is 0 Å². The van der Waals surface area contributed by atoms with Crippen LogP contribution in [-0.2, 0) is 9.53 Å².